The fourth-order valence-electron chi connectivity index (χ4n) is 3.73. The molecule has 0 bridgehead atoms. The Morgan fingerprint density at radius 1 is 1.03 bits per heavy atom. The summed E-state index contributed by atoms with van der Waals surface area (Å²) in [6.07, 6.45) is 1.80. The van der Waals surface area contributed by atoms with Crippen molar-refractivity contribution in [2.75, 3.05) is 38.7 Å². The highest BCUT2D eigenvalue weighted by atomic mass is 79.9. The van der Waals surface area contributed by atoms with Crippen molar-refractivity contribution in [1.82, 2.24) is 5.32 Å². The standard InChI is InChI=1S/C22H24BrNO4S/c23-17-3-1-2-16(12-17)22(6-8-26-9-7-22)15-24-21(25)14-29-18-4-5-19-20(13-18)28-11-10-27-19/h1-5,12-13H,6-11,14-15H2,(H,24,25). The van der Waals surface area contributed by atoms with Crippen LogP contribution in [0.2, 0.25) is 0 Å². The van der Waals surface area contributed by atoms with E-state index in [1.165, 1.54) is 17.3 Å². The van der Waals surface area contributed by atoms with Crippen molar-refractivity contribution in [2.24, 2.45) is 0 Å². The summed E-state index contributed by atoms with van der Waals surface area (Å²) in [6, 6.07) is 14.2. The zero-order valence-corrected chi connectivity index (χ0v) is 18.5. The van der Waals surface area contributed by atoms with Crippen LogP contribution in [-0.2, 0) is 14.9 Å². The second-order valence-electron chi connectivity index (χ2n) is 7.27. The molecular weight excluding hydrogens is 454 g/mol. The first-order chi connectivity index (χ1) is 14.1. The molecule has 154 valence electrons. The summed E-state index contributed by atoms with van der Waals surface area (Å²) in [7, 11) is 0. The van der Waals surface area contributed by atoms with Crippen molar-refractivity contribution in [3.63, 3.8) is 0 Å². The molecule has 2 aliphatic heterocycles. The number of halogens is 1. The van der Waals surface area contributed by atoms with Gasteiger partial charge in [0.1, 0.15) is 13.2 Å². The number of hydrogen-bond acceptors (Lipinski definition) is 5. The molecule has 0 saturated carbocycles. The van der Waals surface area contributed by atoms with Gasteiger partial charge in [-0.3, -0.25) is 4.79 Å². The molecule has 29 heavy (non-hydrogen) atoms. The number of hydrogen-bond donors (Lipinski definition) is 1. The van der Waals surface area contributed by atoms with Crippen molar-refractivity contribution < 1.29 is 19.0 Å². The lowest BCUT2D eigenvalue weighted by molar-refractivity contribution is -0.119. The number of nitrogens with one attached hydrogen (secondary N) is 1. The molecule has 2 heterocycles. The third kappa shape index (κ3) is 5.08. The molecule has 1 amide bonds. The molecular formula is C22H24BrNO4S. The van der Waals surface area contributed by atoms with E-state index < -0.39 is 0 Å². The van der Waals surface area contributed by atoms with Gasteiger partial charge in [-0.1, -0.05) is 28.1 Å². The lowest BCUT2D eigenvalue weighted by atomic mass is 9.74. The first-order valence-corrected chi connectivity index (χ1v) is 11.6. The summed E-state index contributed by atoms with van der Waals surface area (Å²) in [5.41, 5.74) is 1.16. The van der Waals surface area contributed by atoms with Gasteiger partial charge in [0, 0.05) is 34.5 Å². The largest absolute Gasteiger partial charge is 0.486 e. The summed E-state index contributed by atoms with van der Waals surface area (Å²) in [5, 5.41) is 3.16. The zero-order valence-electron chi connectivity index (χ0n) is 16.1. The summed E-state index contributed by atoms with van der Waals surface area (Å²) in [4.78, 5) is 13.6. The maximum Gasteiger partial charge on any atom is 0.230 e. The summed E-state index contributed by atoms with van der Waals surface area (Å²) >= 11 is 5.07. The van der Waals surface area contributed by atoms with E-state index in [2.05, 4.69) is 39.4 Å². The van der Waals surface area contributed by atoms with E-state index in [0.717, 1.165) is 33.7 Å². The Morgan fingerprint density at radius 2 is 1.83 bits per heavy atom. The Labute approximate surface area is 183 Å². The first-order valence-electron chi connectivity index (χ1n) is 9.78. The minimum absolute atomic E-state index is 0.0331. The van der Waals surface area contributed by atoms with Crippen LogP contribution in [0.1, 0.15) is 18.4 Å². The molecule has 0 aromatic heterocycles. The second-order valence-corrected chi connectivity index (χ2v) is 9.24. The van der Waals surface area contributed by atoms with E-state index >= 15 is 0 Å². The molecule has 7 heteroatoms. The van der Waals surface area contributed by atoms with Gasteiger partial charge in [-0.25, -0.2) is 0 Å². The van der Waals surface area contributed by atoms with Gasteiger partial charge < -0.3 is 19.5 Å². The lowest BCUT2D eigenvalue weighted by Gasteiger charge is -2.38. The molecule has 5 nitrogen and oxygen atoms in total. The van der Waals surface area contributed by atoms with Gasteiger partial charge in [-0.15, -0.1) is 11.8 Å². The predicted molar refractivity (Wildman–Crippen MR) is 117 cm³/mol. The van der Waals surface area contributed by atoms with Crippen LogP contribution in [0.15, 0.2) is 51.8 Å². The number of carbonyl (C=O) groups excluding carboxylic acids is 1. The number of rotatable bonds is 6. The van der Waals surface area contributed by atoms with Gasteiger partial charge >= 0.3 is 0 Å². The lowest BCUT2D eigenvalue weighted by Crippen LogP contribution is -2.45. The maximum atomic E-state index is 12.6. The number of amides is 1. The number of benzene rings is 2. The van der Waals surface area contributed by atoms with Crippen LogP contribution in [0.3, 0.4) is 0 Å². The Balaban J connectivity index is 1.36. The van der Waals surface area contributed by atoms with E-state index in [4.69, 9.17) is 14.2 Å². The number of ether oxygens (including phenoxy) is 3. The number of fused-ring (bicyclic) bond motifs is 1. The Bertz CT molecular complexity index is 870. The minimum atomic E-state index is -0.0840. The average molecular weight is 478 g/mol. The van der Waals surface area contributed by atoms with Gasteiger partial charge in [0.15, 0.2) is 11.5 Å². The van der Waals surface area contributed by atoms with Crippen molar-refractivity contribution >= 4 is 33.6 Å². The van der Waals surface area contributed by atoms with Gasteiger partial charge in [0.2, 0.25) is 5.91 Å². The molecule has 2 aromatic rings. The molecule has 0 aliphatic carbocycles. The molecule has 0 radical (unpaired) electrons. The molecule has 0 unspecified atom stereocenters. The average Bonchev–Trinajstić information content (AvgIpc) is 2.77. The smallest absolute Gasteiger partial charge is 0.230 e. The minimum Gasteiger partial charge on any atom is -0.486 e. The summed E-state index contributed by atoms with van der Waals surface area (Å²) in [6.45, 7) is 3.19. The Kier molecular flexibility index (Phi) is 6.67. The van der Waals surface area contributed by atoms with Crippen molar-refractivity contribution in [3.8, 4) is 11.5 Å². The number of thioether (sulfide) groups is 1. The van der Waals surface area contributed by atoms with Gasteiger partial charge in [0.25, 0.3) is 0 Å². The van der Waals surface area contributed by atoms with Crippen molar-refractivity contribution in [3.05, 3.63) is 52.5 Å². The normalized spacial score (nSPS) is 17.6. The van der Waals surface area contributed by atoms with Gasteiger partial charge in [-0.05, 0) is 48.7 Å². The maximum absolute atomic E-state index is 12.6. The molecule has 2 aliphatic rings. The van der Waals surface area contributed by atoms with Gasteiger partial charge in [0.05, 0.1) is 5.75 Å². The monoisotopic (exact) mass is 477 g/mol. The molecule has 2 aromatic carbocycles. The molecule has 0 atom stereocenters. The topological polar surface area (TPSA) is 56.8 Å². The first kappa shape index (κ1) is 20.6. The quantitative estimate of drug-likeness (QED) is 0.632. The molecule has 0 spiro atoms. The van der Waals surface area contributed by atoms with Gasteiger partial charge in [-0.2, -0.15) is 0 Å². The van der Waals surface area contributed by atoms with Crippen LogP contribution in [0.25, 0.3) is 0 Å². The van der Waals surface area contributed by atoms with E-state index in [-0.39, 0.29) is 11.3 Å². The third-order valence-corrected chi connectivity index (χ3v) is 6.88. The van der Waals surface area contributed by atoms with Crippen molar-refractivity contribution in [1.29, 1.82) is 0 Å². The van der Waals surface area contributed by atoms with E-state index in [0.29, 0.717) is 38.7 Å². The van der Waals surface area contributed by atoms with Crippen LogP contribution in [-0.4, -0.2) is 44.6 Å². The Morgan fingerprint density at radius 3 is 2.62 bits per heavy atom. The van der Waals surface area contributed by atoms with Crippen LogP contribution >= 0.6 is 27.7 Å². The molecule has 1 saturated heterocycles. The predicted octanol–water partition coefficient (Wildman–Crippen LogP) is 4.18. The molecule has 1 N–H and O–H groups in total. The fraction of sp³-hybridized carbons (Fsp3) is 0.409. The van der Waals surface area contributed by atoms with E-state index in [9.17, 15) is 4.79 Å². The van der Waals surface area contributed by atoms with Crippen LogP contribution < -0.4 is 14.8 Å². The molecule has 4 rings (SSSR count). The second kappa shape index (κ2) is 9.41. The van der Waals surface area contributed by atoms with Crippen LogP contribution in [0.4, 0.5) is 0 Å². The third-order valence-electron chi connectivity index (χ3n) is 5.39. The highest BCUT2D eigenvalue weighted by Gasteiger charge is 2.35. The Hall–Kier alpha value is -1.70. The SMILES string of the molecule is O=C(CSc1ccc2c(c1)OCCO2)NCC1(c2cccc(Br)c2)CCOCC1. The summed E-state index contributed by atoms with van der Waals surface area (Å²) in [5.74, 6) is 1.91. The van der Waals surface area contributed by atoms with E-state index in [1.54, 1.807) is 0 Å². The zero-order chi connectivity index (χ0) is 20.1. The highest BCUT2D eigenvalue weighted by Crippen LogP contribution is 2.36. The fourth-order valence-corrected chi connectivity index (χ4v) is 4.88. The molecule has 1 fully saturated rings. The van der Waals surface area contributed by atoms with Crippen molar-refractivity contribution in [2.45, 2.75) is 23.2 Å². The summed E-state index contributed by atoms with van der Waals surface area (Å²) < 4.78 is 17.8. The highest BCUT2D eigenvalue weighted by molar-refractivity contribution is 9.10. The van der Waals surface area contributed by atoms with Crippen LogP contribution in [0, 0.1) is 0 Å². The number of carbonyl (C=O) groups is 1. The van der Waals surface area contributed by atoms with Crippen LogP contribution in [0.5, 0.6) is 11.5 Å². The van der Waals surface area contributed by atoms with E-state index in [1.807, 2.05) is 24.3 Å².